The van der Waals surface area contributed by atoms with Crippen molar-refractivity contribution in [3.8, 4) is 0 Å². The SMILES string of the molecule is CN(C)CCCNC(=O)c1ccc2n[nH]nc2c1. The van der Waals surface area contributed by atoms with Crippen LogP contribution in [0.5, 0.6) is 0 Å². The topological polar surface area (TPSA) is 73.9 Å². The van der Waals surface area contributed by atoms with Gasteiger partial charge in [0.25, 0.3) is 5.91 Å². The molecule has 2 rings (SSSR count). The molecule has 6 heteroatoms. The van der Waals surface area contributed by atoms with Crippen LogP contribution < -0.4 is 5.32 Å². The van der Waals surface area contributed by atoms with E-state index in [1.165, 1.54) is 0 Å². The van der Waals surface area contributed by atoms with Gasteiger partial charge in [0.05, 0.1) is 0 Å². The third-order valence-electron chi connectivity index (χ3n) is 2.65. The number of nitrogens with zero attached hydrogens (tertiary/aromatic N) is 3. The predicted octanol–water partition coefficient (Wildman–Crippen LogP) is 0.639. The Labute approximate surface area is 105 Å². The van der Waals surface area contributed by atoms with Gasteiger partial charge in [0.15, 0.2) is 0 Å². The van der Waals surface area contributed by atoms with E-state index in [0.29, 0.717) is 17.6 Å². The second-order valence-corrected chi connectivity index (χ2v) is 4.44. The minimum atomic E-state index is -0.0707. The molecule has 0 saturated carbocycles. The van der Waals surface area contributed by atoms with Crippen LogP contribution in [0, 0.1) is 0 Å². The molecule has 2 N–H and O–H groups in total. The minimum Gasteiger partial charge on any atom is -0.352 e. The van der Waals surface area contributed by atoms with Crippen LogP contribution in [-0.4, -0.2) is 53.4 Å². The number of rotatable bonds is 5. The summed E-state index contributed by atoms with van der Waals surface area (Å²) in [5.41, 5.74) is 2.08. The molecule has 1 aromatic carbocycles. The number of fused-ring (bicyclic) bond motifs is 1. The summed E-state index contributed by atoms with van der Waals surface area (Å²) in [4.78, 5) is 14.0. The summed E-state index contributed by atoms with van der Waals surface area (Å²) in [6.45, 7) is 1.64. The number of hydrogen-bond donors (Lipinski definition) is 2. The molecule has 0 unspecified atom stereocenters. The van der Waals surface area contributed by atoms with E-state index in [1.807, 2.05) is 14.1 Å². The van der Waals surface area contributed by atoms with Crippen LogP contribution in [0.3, 0.4) is 0 Å². The van der Waals surface area contributed by atoms with Crippen molar-refractivity contribution in [2.75, 3.05) is 27.2 Å². The minimum absolute atomic E-state index is 0.0707. The van der Waals surface area contributed by atoms with E-state index in [1.54, 1.807) is 18.2 Å². The van der Waals surface area contributed by atoms with Gasteiger partial charge in [0, 0.05) is 12.1 Å². The average molecular weight is 247 g/mol. The van der Waals surface area contributed by atoms with Gasteiger partial charge in [-0.1, -0.05) is 0 Å². The highest BCUT2D eigenvalue weighted by atomic mass is 16.1. The largest absolute Gasteiger partial charge is 0.352 e. The lowest BCUT2D eigenvalue weighted by Crippen LogP contribution is -2.27. The number of carbonyl (C=O) groups is 1. The van der Waals surface area contributed by atoms with Gasteiger partial charge in [-0.15, -0.1) is 0 Å². The van der Waals surface area contributed by atoms with E-state index in [9.17, 15) is 4.79 Å². The summed E-state index contributed by atoms with van der Waals surface area (Å²) < 4.78 is 0. The fourth-order valence-electron chi connectivity index (χ4n) is 1.68. The molecule has 0 radical (unpaired) electrons. The Hall–Kier alpha value is -1.95. The van der Waals surface area contributed by atoms with Crippen LogP contribution in [0.15, 0.2) is 18.2 Å². The highest BCUT2D eigenvalue weighted by Gasteiger charge is 2.07. The first-order valence-electron chi connectivity index (χ1n) is 5.90. The third-order valence-corrected chi connectivity index (χ3v) is 2.65. The molecule has 2 aromatic rings. The van der Waals surface area contributed by atoms with Gasteiger partial charge in [-0.05, 0) is 45.3 Å². The number of aromatic nitrogens is 3. The Morgan fingerprint density at radius 3 is 2.89 bits per heavy atom. The molecule has 0 aliphatic rings. The molecule has 0 atom stereocenters. The van der Waals surface area contributed by atoms with Gasteiger partial charge in [-0.3, -0.25) is 4.79 Å². The molecule has 1 aromatic heterocycles. The summed E-state index contributed by atoms with van der Waals surface area (Å²) in [6.07, 6.45) is 0.935. The molecular weight excluding hydrogens is 230 g/mol. The van der Waals surface area contributed by atoms with E-state index in [2.05, 4.69) is 25.6 Å². The van der Waals surface area contributed by atoms with Gasteiger partial charge in [0.2, 0.25) is 0 Å². The van der Waals surface area contributed by atoms with Gasteiger partial charge in [-0.25, -0.2) is 0 Å². The quantitative estimate of drug-likeness (QED) is 0.760. The molecule has 0 bridgehead atoms. The predicted molar refractivity (Wildman–Crippen MR) is 69.4 cm³/mol. The molecular formula is C12H17N5O. The summed E-state index contributed by atoms with van der Waals surface area (Å²) in [7, 11) is 4.03. The van der Waals surface area contributed by atoms with Gasteiger partial charge in [-0.2, -0.15) is 15.4 Å². The molecule has 0 fully saturated rings. The van der Waals surface area contributed by atoms with Crippen molar-refractivity contribution >= 4 is 16.9 Å². The number of aromatic amines is 1. The van der Waals surface area contributed by atoms with Crippen molar-refractivity contribution < 1.29 is 4.79 Å². The number of H-pyrrole nitrogens is 1. The van der Waals surface area contributed by atoms with Crippen LogP contribution in [0.1, 0.15) is 16.8 Å². The highest BCUT2D eigenvalue weighted by Crippen LogP contribution is 2.10. The summed E-state index contributed by atoms with van der Waals surface area (Å²) >= 11 is 0. The normalized spacial score (nSPS) is 11.1. The van der Waals surface area contributed by atoms with E-state index in [0.717, 1.165) is 18.5 Å². The zero-order valence-corrected chi connectivity index (χ0v) is 10.6. The first-order valence-corrected chi connectivity index (χ1v) is 5.90. The van der Waals surface area contributed by atoms with E-state index >= 15 is 0 Å². The summed E-state index contributed by atoms with van der Waals surface area (Å²) in [6, 6.07) is 5.28. The number of benzene rings is 1. The lowest BCUT2D eigenvalue weighted by Gasteiger charge is -2.09. The maximum Gasteiger partial charge on any atom is 0.251 e. The lowest BCUT2D eigenvalue weighted by atomic mass is 10.2. The van der Waals surface area contributed by atoms with Crippen LogP contribution in [0.2, 0.25) is 0 Å². The maximum absolute atomic E-state index is 11.9. The Bertz CT molecular complexity index is 534. The zero-order chi connectivity index (χ0) is 13.0. The number of hydrogen-bond acceptors (Lipinski definition) is 4. The second kappa shape index (κ2) is 5.59. The molecule has 18 heavy (non-hydrogen) atoms. The Balaban J connectivity index is 1.92. The Morgan fingerprint density at radius 1 is 1.33 bits per heavy atom. The van der Waals surface area contributed by atoms with Crippen LogP contribution >= 0.6 is 0 Å². The van der Waals surface area contributed by atoms with Crippen LogP contribution in [-0.2, 0) is 0 Å². The Kier molecular flexibility index (Phi) is 3.88. The fraction of sp³-hybridized carbons (Fsp3) is 0.417. The van der Waals surface area contributed by atoms with Crippen molar-refractivity contribution in [3.05, 3.63) is 23.8 Å². The van der Waals surface area contributed by atoms with E-state index in [4.69, 9.17) is 0 Å². The molecule has 1 amide bonds. The van der Waals surface area contributed by atoms with E-state index in [-0.39, 0.29) is 5.91 Å². The smallest absolute Gasteiger partial charge is 0.251 e. The second-order valence-electron chi connectivity index (χ2n) is 4.44. The number of carbonyl (C=O) groups excluding carboxylic acids is 1. The fourth-order valence-corrected chi connectivity index (χ4v) is 1.68. The van der Waals surface area contributed by atoms with Crippen molar-refractivity contribution in [2.24, 2.45) is 0 Å². The first-order chi connectivity index (χ1) is 8.66. The molecule has 6 nitrogen and oxygen atoms in total. The van der Waals surface area contributed by atoms with Crippen LogP contribution in [0.25, 0.3) is 11.0 Å². The maximum atomic E-state index is 11.9. The standard InChI is InChI=1S/C12H17N5O/c1-17(2)7-3-6-13-12(18)9-4-5-10-11(8-9)15-16-14-10/h4-5,8H,3,6-7H2,1-2H3,(H,13,18)(H,14,15,16). The summed E-state index contributed by atoms with van der Waals surface area (Å²) in [5, 5.41) is 13.3. The molecule has 1 heterocycles. The first kappa shape index (κ1) is 12.5. The molecule has 0 aliphatic heterocycles. The van der Waals surface area contributed by atoms with Crippen molar-refractivity contribution in [1.29, 1.82) is 0 Å². The monoisotopic (exact) mass is 247 g/mol. The average Bonchev–Trinajstić information content (AvgIpc) is 2.81. The zero-order valence-electron chi connectivity index (χ0n) is 10.6. The molecule has 0 saturated heterocycles. The van der Waals surface area contributed by atoms with Gasteiger partial charge in [0.1, 0.15) is 11.0 Å². The van der Waals surface area contributed by atoms with Crippen LogP contribution in [0.4, 0.5) is 0 Å². The molecule has 0 aliphatic carbocycles. The molecule has 0 spiro atoms. The van der Waals surface area contributed by atoms with Crippen molar-refractivity contribution in [1.82, 2.24) is 25.6 Å². The highest BCUT2D eigenvalue weighted by molar-refractivity contribution is 5.97. The summed E-state index contributed by atoms with van der Waals surface area (Å²) in [5.74, 6) is -0.0707. The number of nitrogens with one attached hydrogen (secondary N) is 2. The molecule has 96 valence electrons. The van der Waals surface area contributed by atoms with E-state index < -0.39 is 0 Å². The van der Waals surface area contributed by atoms with Gasteiger partial charge < -0.3 is 10.2 Å². The lowest BCUT2D eigenvalue weighted by molar-refractivity contribution is 0.0952. The van der Waals surface area contributed by atoms with Crippen molar-refractivity contribution in [3.63, 3.8) is 0 Å². The van der Waals surface area contributed by atoms with Crippen molar-refractivity contribution in [2.45, 2.75) is 6.42 Å². The number of amides is 1. The van der Waals surface area contributed by atoms with Gasteiger partial charge >= 0.3 is 0 Å². The third kappa shape index (κ3) is 3.04. The Morgan fingerprint density at radius 2 is 2.11 bits per heavy atom.